The molecule has 0 radical (unpaired) electrons. The van der Waals surface area contributed by atoms with Crippen LogP contribution in [-0.2, 0) is 18.1 Å². The molecular weight excluding hydrogens is 330 g/mol. The van der Waals surface area contributed by atoms with Gasteiger partial charge in [-0.15, -0.1) is 0 Å². The summed E-state index contributed by atoms with van der Waals surface area (Å²) in [6, 6.07) is 0.432. The van der Waals surface area contributed by atoms with Crippen molar-refractivity contribution in [1.29, 1.82) is 0 Å². The number of aliphatic hydroxyl groups is 5. The highest BCUT2D eigenvalue weighted by molar-refractivity contribution is 6.60. The van der Waals surface area contributed by atoms with Crippen LogP contribution in [-0.4, -0.2) is 99.1 Å². The van der Waals surface area contributed by atoms with Crippen molar-refractivity contribution in [2.75, 3.05) is 34.5 Å². The molecule has 6 N–H and O–H groups in total. The SMILES string of the molecule is CO[Si](CCCNC(=O)C(O)C(O)C(O)C(O)CO)(OC)OC. The van der Waals surface area contributed by atoms with Crippen LogP contribution in [0.4, 0.5) is 0 Å². The number of aliphatic hydroxyl groups excluding tert-OH is 5. The Bertz CT molecular complexity index is 334. The van der Waals surface area contributed by atoms with E-state index < -0.39 is 45.7 Å². The largest absolute Gasteiger partial charge is 0.500 e. The quantitative estimate of drug-likeness (QED) is 0.156. The van der Waals surface area contributed by atoms with E-state index in [1.165, 1.54) is 21.3 Å². The summed E-state index contributed by atoms with van der Waals surface area (Å²) >= 11 is 0. The van der Waals surface area contributed by atoms with E-state index in [0.29, 0.717) is 12.5 Å². The molecule has 0 aliphatic rings. The van der Waals surface area contributed by atoms with Crippen LogP contribution >= 0.6 is 0 Å². The van der Waals surface area contributed by atoms with E-state index in [0.717, 1.165) is 0 Å². The van der Waals surface area contributed by atoms with E-state index in [1.807, 2.05) is 0 Å². The molecule has 0 fully saturated rings. The number of carbonyl (C=O) groups is 1. The first-order chi connectivity index (χ1) is 10.8. The lowest BCUT2D eigenvalue weighted by atomic mass is 10.0. The highest BCUT2D eigenvalue weighted by Gasteiger charge is 2.37. The molecule has 1 amide bonds. The Hall–Kier alpha value is -0.633. The van der Waals surface area contributed by atoms with Crippen molar-refractivity contribution in [3.8, 4) is 0 Å². The van der Waals surface area contributed by atoms with Crippen LogP contribution in [0.2, 0.25) is 6.04 Å². The minimum atomic E-state index is -2.74. The summed E-state index contributed by atoms with van der Waals surface area (Å²) in [6.45, 7) is -0.656. The first kappa shape index (κ1) is 22.4. The molecule has 0 saturated heterocycles. The summed E-state index contributed by atoms with van der Waals surface area (Å²) < 4.78 is 15.6. The molecule has 0 aromatic heterocycles. The number of amides is 1. The molecule has 0 aliphatic heterocycles. The normalized spacial score (nSPS) is 17.4. The van der Waals surface area contributed by atoms with Crippen LogP contribution < -0.4 is 5.32 Å². The lowest BCUT2D eigenvalue weighted by Crippen LogP contribution is -2.52. The van der Waals surface area contributed by atoms with E-state index in [1.54, 1.807) is 0 Å². The Morgan fingerprint density at radius 2 is 1.57 bits per heavy atom. The van der Waals surface area contributed by atoms with E-state index in [-0.39, 0.29) is 6.54 Å². The van der Waals surface area contributed by atoms with E-state index in [9.17, 15) is 25.2 Å². The first-order valence-corrected chi connectivity index (χ1v) is 8.98. The Balaban J connectivity index is 4.29. The Morgan fingerprint density at radius 1 is 1.04 bits per heavy atom. The van der Waals surface area contributed by atoms with Gasteiger partial charge in [-0.2, -0.15) is 0 Å². The van der Waals surface area contributed by atoms with Crippen LogP contribution in [0.25, 0.3) is 0 Å². The van der Waals surface area contributed by atoms with Crippen molar-refractivity contribution in [3.63, 3.8) is 0 Å². The Kier molecular flexibility index (Phi) is 10.7. The molecule has 0 bridgehead atoms. The molecule has 4 unspecified atom stereocenters. The molecular formula is C12H27NO9Si. The lowest BCUT2D eigenvalue weighted by Gasteiger charge is -2.25. The van der Waals surface area contributed by atoms with Crippen LogP contribution in [0, 0.1) is 0 Å². The van der Waals surface area contributed by atoms with Crippen molar-refractivity contribution in [2.24, 2.45) is 0 Å². The number of carbonyl (C=O) groups excluding carboxylic acids is 1. The molecule has 4 atom stereocenters. The molecule has 11 heteroatoms. The second kappa shape index (κ2) is 11.0. The Morgan fingerprint density at radius 3 is 2.00 bits per heavy atom. The number of rotatable bonds is 12. The molecule has 0 saturated carbocycles. The van der Waals surface area contributed by atoms with Crippen LogP contribution in [0.3, 0.4) is 0 Å². The number of nitrogens with one attached hydrogen (secondary N) is 1. The predicted molar refractivity (Wildman–Crippen MR) is 80.3 cm³/mol. The van der Waals surface area contributed by atoms with Gasteiger partial charge in [0.1, 0.15) is 18.3 Å². The standard InChI is InChI=1S/C12H27NO9Si/c1-20-23(21-2,22-3)6-4-5-13-12(19)11(18)10(17)9(16)8(15)7-14/h8-11,14-18H,4-7H2,1-3H3,(H,13,19). The highest BCUT2D eigenvalue weighted by atomic mass is 28.4. The van der Waals surface area contributed by atoms with Gasteiger partial charge in [0.05, 0.1) is 6.61 Å². The zero-order chi connectivity index (χ0) is 18.0. The first-order valence-electron chi connectivity index (χ1n) is 7.04. The third-order valence-corrected chi connectivity index (χ3v) is 6.25. The van der Waals surface area contributed by atoms with Crippen molar-refractivity contribution >= 4 is 14.7 Å². The maximum absolute atomic E-state index is 11.7. The molecule has 0 aliphatic carbocycles. The molecule has 0 aromatic rings. The van der Waals surface area contributed by atoms with Gasteiger partial charge in [-0.25, -0.2) is 0 Å². The van der Waals surface area contributed by atoms with Crippen molar-refractivity contribution in [3.05, 3.63) is 0 Å². The summed E-state index contributed by atoms with van der Waals surface area (Å²) in [5, 5.41) is 48.8. The summed E-state index contributed by atoms with van der Waals surface area (Å²) in [7, 11) is 1.65. The van der Waals surface area contributed by atoms with Gasteiger partial charge >= 0.3 is 8.80 Å². The van der Waals surface area contributed by atoms with Gasteiger partial charge in [0.15, 0.2) is 6.10 Å². The average Bonchev–Trinajstić information content (AvgIpc) is 2.59. The van der Waals surface area contributed by atoms with Crippen LogP contribution in [0.5, 0.6) is 0 Å². The van der Waals surface area contributed by atoms with Gasteiger partial charge in [-0.05, 0) is 6.42 Å². The summed E-state index contributed by atoms with van der Waals surface area (Å²) in [5.74, 6) is -0.916. The minimum absolute atomic E-state index is 0.159. The van der Waals surface area contributed by atoms with E-state index in [2.05, 4.69) is 5.32 Å². The fourth-order valence-corrected chi connectivity index (χ4v) is 3.58. The molecule has 0 aromatic carbocycles. The third kappa shape index (κ3) is 6.79. The topological polar surface area (TPSA) is 158 Å². The van der Waals surface area contributed by atoms with Crippen LogP contribution in [0.1, 0.15) is 6.42 Å². The maximum Gasteiger partial charge on any atom is 0.500 e. The van der Waals surface area contributed by atoms with E-state index in [4.69, 9.17) is 18.4 Å². The fraction of sp³-hybridized carbons (Fsp3) is 0.917. The summed E-state index contributed by atoms with van der Waals surface area (Å²) in [6.07, 6.45) is -6.94. The summed E-state index contributed by atoms with van der Waals surface area (Å²) in [5.41, 5.74) is 0. The van der Waals surface area contributed by atoms with Crippen molar-refractivity contribution in [2.45, 2.75) is 36.9 Å². The van der Waals surface area contributed by atoms with Gasteiger partial charge < -0.3 is 44.1 Å². The number of hydrogen-bond acceptors (Lipinski definition) is 9. The molecule has 138 valence electrons. The monoisotopic (exact) mass is 357 g/mol. The molecule has 23 heavy (non-hydrogen) atoms. The van der Waals surface area contributed by atoms with Gasteiger partial charge in [-0.1, -0.05) is 0 Å². The van der Waals surface area contributed by atoms with Gasteiger partial charge in [-0.3, -0.25) is 4.79 Å². The fourth-order valence-electron chi connectivity index (χ4n) is 1.85. The smallest absolute Gasteiger partial charge is 0.394 e. The Labute approximate surface area is 136 Å². The zero-order valence-corrected chi connectivity index (χ0v) is 14.5. The van der Waals surface area contributed by atoms with Crippen molar-refractivity contribution < 1.29 is 43.6 Å². The lowest BCUT2D eigenvalue weighted by molar-refractivity contribution is -0.148. The van der Waals surface area contributed by atoms with Crippen molar-refractivity contribution in [1.82, 2.24) is 5.32 Å². The van der Waals surface area contributed by atoms with Gasteiger partial charge in [0.25, 0.3) is 5.91 Å². The predicted octanol–water partition coefficient (Wildman–Crippen LogP) is -3.19. The molecule has 0 heterocycles. The third-order valence-electron chi connectivity index (χ3n) is 3.42. The van der Waals surface area contributed by atoms with Gasteiger partial charge in [0, 0.05) is 33.9 Å². The maximum atomic E-state index is 11.7. The summed E-state index contributed by atoms with van der Waals surface area (Å²) in [4.78, 5) is 11.7. The average molecular weight is 357 g/mol. The van der Waals surface area contributed by atoms with E-state index >= 15 is 0 Å². The molecule has 0 spiro atoms. The zero-order valence-electron chi connectivity index (χ0n) is 13.5. The van der Waals surface area contributed by atoms with Gasteiger partial charge in [0.2, 0.25) is 0 Å². The molecule has 10 nitrogen and oxygen atoms in total. The van der Waals surface area contributed by atoms with Crippen LogP contribution in [0.15, 0.2) is 0 Å². The second-order valence-electron chi connectivity index (χ2n) is 4.87. The number of hydrogen-bond donors (Lipinski definition) is 6. The minimum Gasteiger partial charge on any atom is -0.394 e. The second-order valence-corrected chi connectivity index (χ2v) is 7.96. The highest BCUT2D eigenvalue weighted by Crippen LogP contribution is 2.14. The molecule has 0 rings (SSSR count).